The molecule has 1 aliphatic carbocycles. The third kappa shape index (κ3) is 3.03. The van der Waals surface area contributed by atoms with Crippen LogP contribution in [-0.4, -0.2) is 17.1 Å². The zero-order valence-electron chi connectivity index (χ0n) is 11.0. The van der Waals surface area contributed by atoms with Crippen molar-refractivity contribution < 1.29 is 9.90 Å². The SMILES string of the molecule is CC1CCC(NC(=O)c2cccc(O)c2)C(C)C1. The van der Waals surface area contributed by atoms with Crippen LogP contribution in [0.2, 0.25) is 0 Å². The van der Waals surface area contributed by atoms with E-state index in [1.807, 2.05) is 0 Å². The second kappa shape index (κ2) is 5.42. The molecule has 1 amide bonds. The van der Waals surface area contributed by atoms with Crippen molar-refractivity contribution >= 4 is 5.91 Å². The minimum Gasteiger partial charge on any atom is -0.508 e. The molecule has 0 bridgehead atoms. The zero-order chi connectivity index (χ0) is 13.1. The molecule has 0 heterocycles. The predicted molar refractivity (Wildman–Crippen MR) is 71.5 cm³/mol. The van der Waals surface area contributed by atoms with Gasteiger partial charge in [0.25, 0.3) is 5.91 Å². The molecule has 3 unspecified atom stereocenters. The molecule has 0 aliphatic heterocycles. The predicted octanol–water partition coefficient (Wildman–Crippen LogP) is 2.95. The molecule has 3 atom stereocenters. The average Bonchev–Trinajstić information content (AvgIpc) is 2.32. The molecule has 1 fully saturated rings. The normalized spacial score (nSPS) is 27.8. The summed E-state index contributed by atoms with van der Waals surface area (Å²) in [4.78, 5) is 12.1. The van der Waals surface area contributed by atoms with E-state index in [9.17, 15) is 9.90 Å². The molecule has 3 nitrogen and oxygen atoms in total. The van der Waals surface area contributed by atoms with Crippen LogP contribution in [0.1, 0.15) is 43.5 Å². The molecule has 0 saturated heterocycles. The number of amides is 1. The van der Waals surface area contributed by atoms with Crippen LogP contribution in [0.25, 0.3) is 0 Å². The van der Waals surface area contributed by atoms with Gasteiger partial charge in [-0.3, -0.25) is 4.79 Å². The standard InChI is InChI=1S/C15H21NO2/c1-10-6-7-14(11(2)8-10)16-15(18)12-4-3-5-13(17)9-12/h3-5,9-11,14,17H,6-8H2,1-2H3,(H,16,18). The van der Waals surface area contributed by atoms with Gasteiger partial charge in [-0.2, -0.15) is 0 Å². The highest BCUT2D eigenvalue weighted by Gasteiger charge is 2.26. The molecule has 2 rings (SSSR count). The van der Waals surface area contributed by atoms with Crippen LogP contribution < -0.4 is 5.32 Å². The number of phenolic OH excluding ortho intramolecular Hbond substituents is 1. The van der Waals surface area contributed by atoms with Gasteiger partial charge in [0.05, 0.1) is 0 Å². The Bertz CT molecular complexity index is 430. The molecular weight excluding hydrogens is 226 g/mol. The number of carbonyl (C=O) groups excluding carboxylic acids is 1. The summed E-state index contributed by atoms with van der Waals surface area (Å²) in [5, 5.41) is 12.5. The van der Waals surface area contributed by atoms with E-state index in [-0.39, 0.29) is 17.7 Å². The molecule has 1 aromatic rings. The summed E-state index contributed by atoms with van der Waals surface area (Å²) >= 11 is 0. The fraction of sp³-hybridized carbons (Fsp3) is 0.533. The van der Waals surface area contributed by atoms with E-state index in [1.165, 1.54) is 18.9 Å². The lowest BCUT2D eigenvalue weighted by Crippen LogP contribution is -2.42. The van der Waals surface area contributed by atoms with Crippen molar-refractivity contribution in [3.63, 3.8) is 0 Å². The van der Waals surface area contributed by atoms with E-state index in [0.29, 0.717) is 11.5 Å². The van der Waals surface area contributed by atoms with Crippen molar-refractivity contribution in [3.8, 4) is 5.75 Å². The number of hydrogen-bond donors (Lipinski definition) is 2. The molecule has 18 heavy (non-hydrogen) atoms. The highest BCUT2D eigenvalue weighted by molar-refractivity contribution is 5.94. The Morgan fingerprint density at radius 3 is 2.78 bits per heavy atom. The Morgan fingerprint density at radius 1 is 1.33 bits per heavy atom. The molecule has 1 aromatic carbocycles. The number of nitrogens with one attached hydrogen (secondary N) is 1. The Hall–Kier alpha value is -1.51. The van der Waals surface area contributed by atoms with Crippen LogP contribution in [0.15, 0.2) is 24.3 Å². The van der Waals surface area contributed by atoms with Gasteiger partial charge in [0.2, 0.25) is 0 Å². The number of phenols is 1. The van der Waals surface area contributed by atoms with E-state index >= 15 is 0 Å². The molecule has 98 valence electrons. The van der Waals surface area contributed by atoms with Gasteiger partial charge < -0.3 is 10.4 Å². The monoisotopic (exact) mass is 247 g/mol. The largest absolute Gasteiger partial charge is 0.508 e. The van der Waals surface area contributed by atoms with E-state index in [0.717, 1.165) is 12.3 Å². The van der Waals surface area contributed by atoms with Gasteiger partial charge in [-0.05, 0) is 49.3 Å². The maximum atomic E-state index is 12.1. The number of carbonyl (C=O) groups is 1. The molecule has 1 saturated carbocycles. The first-order valence-corrected chi connectivity index (χ1v) is 6.66. The van der Waals surface area contributed by atoms with Crippen molar-refractivity contribution in [1.29, 1.82) is 0 Å². The van der Waals surface area contributed by atoms with Crippen LogP contribution in [0, 0.1) is 11.8 Å². The molecule has 0 aromatic heterocycles. The first-order chi connectivity index (χ1) is 8.56. The quantitative estimate of drug-likeness (QED) is 0.844. The van der Waals surface area contributed by atoms with Gasteiger partial charge in [0, 0.05) is 11.6 Å². The van der Waals surface area contributed by atoms with Gasteiger partial charge in [-0.1, -0.05) is 19.9 Å². The Labute approximate surface area is 108 Å². The summed E-state index contributed by atoms with van der Waals surface area (Å²) < 4.78 is 0. The number of hydrogen-bond acceptors (Lipinski definition) is 2. The van der Waals surface area contributed by atoms with Crippen molar-refractivity contribution in [1.82, 2.24) is 5.32 Å². The molecule has 0 radical (unpaired) electrons. The van der Waals surface area contributed by atoms with Crippen LogP contribution in [0.4, 0.5) is 0 Å². The average molecular weight is 247 g/mol. The number of aromatic hydroxyl groups is 1. The van der Waals surface area contributed by atoms with E-state index < -0.39 is 0 Å². The third-order valence-corrected chi connectivity index (χ3v) is 3.86. The topological polar surface area (TPSA) is 49.3 Å². The fourth-order valence-electron chi connectivity index (χ4n) is 2.78. The minimum atomic E-state index is -0.0858. The van der Waals surface area contributed by atoms with Gasteiger partial charge in [-0.25, -0.2) is 0 Å². The first kappa shape index (κ1) is 12.9. The van der Waals surface area contributed by atoms with E-state index in [2.05, 4.69) is 19.2 Å². The molecule has 2 N–H and O–H groups in total. The first-order valence-electron chi connectivity index (χ1n) is 6.66. The van der Waals surface area contributed by atoms with Crippen molar-refractivity contribution in [2.45, 2.75) is 39.2 Å². The Balaban J connectivity index is 1.99. The van der Waals surface area contributed by atoms with E-state index in [1.54, 1.807) is 18.2 Å². The summed E-state index contributed by atoms with van der Waals surface area (Å²) in [6.07, 6.45) is 3.40. The highest BCUT2D eigenvalue weighted by Crippen LogP contribution is 2.28. The molecular formula is C15H21NO2. The molecule has 1 aliphatic rings. The van der Waals surface area contributed by atoms with Crippen molar-refractivity contribution in [2.75, 3.05) is 0 Å². The summed E-state index contributed by atoms with van der Waals surface area (Å²) in [6.45, 7) is 4.47. The lowest BCUT2D eigenvalue weighted by Gasteiger charge is -2.33. The van der Waals surface area contributed by atoms with Gasteiger partial charge >= 0.3 is 0 Å². The zero-order valence-corrected chi connectivity index (χ0v) is 11.0. The van der Waals surface area contributed by atoms with E-state index in [4.69, 9.17) is 0 Å². The number of rotatable bonds is 2. The lowest BCUT2D eigenvalue weighted by molar-refractivity contribution is 0.0899. The number of benzene rings is 1. The summed E-state index contributed by atoms with van der Waals surface area (Å²) in [6, 6.07) is 6.76. The molecule has 0 spiro atoms. The minimum absolute atomic E-state index is 0.0858. The Morgan fingerprint density at radius 2 is 2.11 bits per heavy atom. The van der Waals surface area contributed by atoms with Crippen LogP contribution in [0.3, 0.4) is 0 Å². The second-order valence-electron chi connectivity index (χ2n) is 5.53. The second-order valence-corrected chi connectivity index (χ2v) is 5.53. The maximum absolute atomic E-state index is 12.1. The van der Waals surface area contributed by atoms with Crippen LogP contribution >= 0.6 is 0 Å². The summed E-state index contributed by atoms with van der Waals surface area (Å²) in [5.74, 6) is 1.33. The van der Waals surface area contributed by atoms with Gasteiger partial charge in [-0.15, -0.1) is 0 Å². The maximum Gasteiger partial charge on any atom is 0.251 e. The third-order valence-electron chi connectivity index (χ3n) is 3.86. The van der Waals surface area contributed by atoms with Crippen LogP contribution in [-0.2, 0) is 0 Å². The molecule has 3 heteroatoms. The smallest absolute Gasteiger partial charge is 0.251 e. The lowest BCUT2D eigenvalue weighted by atomic mass is 9.80. The van der Waals surface area contributed by atoms with Gasteiger partial charge in [0.15, 0.2) is 0 Å². The summed E-state index contributed by atoms with van der Waals surface area (Å²) in [7, 11) is 0. The fourth-order valence-corrected chi connectivity index (χ4v) is 2.78. The van der Waals surface area contributed by atoms with Crippen molar-refractivity contribution in [2.24, 2.45) is 11.8 Å². The highest BCUT2D eigenvalue weighted by atomic mass is 16.3. The van der Waals surface area contributed by atoms with Gasteiger partial charge in [0.1, 0.15) is 5.75 Å². The summed E-state index contributed by atoms with van der Waals surface area (Å²) in [5.41, 5.74) is 0.529. The Kier molecular flexibility index (Phi) is 3.90. The van der Waals surface area contributed by atoms with Crippen molar-refractivity contribution in [3.05, 3.63) is 29.8 Å². The van der Waals surface area contributed by atoms with Crippen LogP contribution in [0.5, 0.6) is 5.75 Å².